The number of nitrogens with zero attached hydrogens (tertiary/aromatic N) is 1. The van der Waals surface area contributed by atoms with Crippen molar-refractivity contribution >= 4 is 0 Å². The van der Waals surface area contributed by atoms with Gasteiger partial charge in [0.15, 0.2) is 0 Å². The Morgan fingerprint density at radius 1 is 1.00 bits per heavy atom. The Balaban J connectivity index is 1.83. The number of benzene rings is 1. The van der Waals surface area contributed by atoms with Crippen molar-refractivity contribution in [2.24, 2.45) is 0 Å². The number of pyridine rings is 1. The second kappa shape index (κ2) is 6.67. The number of aryl methyl sites for hydroxylation is 2. The van der Waals surface area contributed by atoms with Crippen molar-refractivity contribution < 1.29 is 0 Å². The molecule has 0 unspecified atom stereocenters. The molecule has 0 aliphatic carbocycles. The minimum atomic E-state index is 0.126. The van der Waals surface area contributed by atoms with E-state index in [-0.39, 0.29) is 5.54 Å². The van der Waals surface area contributed by atoms with Gasteiger partial charge in [-0.05, 0) is 50.8 Å². The van der Waals surface area contributed by atoms with Gasteiger partial charge in [-0.15, -0.1) is 0 Å². The molecule has 0 aliphatic heterocycles. The van der Waals surface area contributed by atoms with Gasteiger partial charge < -0.3 is 5.32 Å². The van der Waals surface area contributed by atoms with Crippen LogP contribution in [0.4, 0.5) is 0 Å². The fourth-order valence-corrected chi connectivity index (χ4v) is 2.13. The average Bonchev–Trinajstić information content (AvgIpc) is 2.46. The van der Waals surface area contributed by atoms with Crippen LogP contribution in [-0.2, 0) is 13.0 Å². The highest BCUT2D eigenvalue weighted by Gasteiger charge is 2.16. The minimum absolute atomic E-state index is 0.126. The summed E-state index contributed by atoms with van der Waals surface area (Å²) in [5.41, 5.74) is 3.83. The van der Waals surface area contributed by atoms with E-state index in [4.69, 9.17) is 0 Å². The van der Waals surface area contributed by atoms with E-state index in [1.807, 2.05) is 13.1 Å². The summed E-state index contributed by atoms with van der Waals surface area (Å²) in [5, 5.41) is 3.62. The molecular formula is C18H24N2. The summed E-state index contributed by atoms with van der Waals surface area (Å²) in [4.78, 5) is 4.33. The maximum absolute atomic E-state index is 4.33. The molecule has 2 rings (SSSR count). The van der Waals surface area contributed by atoms with E-state index in [2.05, 4.69) is 66.6 Å². The number of nitrogens with one attached hydrogen (secondary N) is 1. The lowest BCUT2D eigenvalue weighted by atomic mass is 9.95. The highest BCUT2D eigenvalue weighted by molar-refractivity contribution is 5.16. The van der Waals surface area contributed by atoms with E-state index < -0.39 is 0 Å². The zero-order valence-corrected chi connectivity index (χ0v) is 12.7. The Bertz CT molecular complexity index is 515. The van der Waals surface area contributed by atoms with Crippen LogP contribution in [0.25, 0.3) is 0 Å². The van der Waals surface area contributed by atoms with Crippen molar-refractivity contribution in [3.8, 4) is 0 Å². The van der Waals surface area contributed by atoms with Gasteiger partial charge in [0, 0.05) is 24.0 Å². The minimum Gasteiger partial charge on any atom is -0.308 e. The third-order valence-corrected chi connectivity index (χ3v) is 3.63. The fraction of sp³-hybridized carbons (Fsp3) is 0.389. The lowest BCUT2D eigenvalue weighted by Crippen LogP contribution is -2.39. The first kappa shape index (κ1) is 14.7. The largest absolute Gasteiger partial charge is 0.308 e. The first-order chi connectivity index (χ1) is 9.55. The Hall–Kier alpha value is -1.67. The van der Waals surface area contributed by atoms with E-state index in [0.717, 1.165) is 25.1 Å². The smallest absolute Gasteiger partial charge is 0.0372 e. The van der Waals surface area contributed by atoms with Crippen molar-refractivity contribution in [1.82, 2.24) is 10.3 Å². The summed E-state index contributed by atoms with van der Waals surface area (Å²) in [6, 6.07) is 14.9. The normalized spacial score (nSPS) is 11.6. The lowest BCUT2D eigenvalue weighted by Gasteiger charge is -2.26. The molecule has 2 heteroatoms. The van der Waals surface area contributed by atoms with E-state index in [9.17, 15) is 0 Å². The standard InChI is InChI=1S/C18H24N2/c1-15-9-10-17(13-19-15)14-20-18(2,3)12-11-16-7-5-4-6-8-16/h4-10,13,20H,11-12,14H2,1-3H3. The third-order valence-electron chi connectivity index (χ3n) is 3.63. The Kier molecular flexibility index (Phi) is 4.91. The third kappa shape index (κ3) is 4.78. The van der Waals surface area contributed by atoms with Crippen LogP contribution in [0.15, 0.2) is 48.7 Å². The SMILES string of the molecule is Cc1ccc(CNC(C)(C)CCc2ccccc2)cn1. The molecule has 0 saturated heterocycles. The van der Waals surface area contributed by atoms with Crippen molar-refractivity contribution in [1.29, 1.82) is 0 Å². The second-order valence-corrected chi connectivity index (χ2v) is 6.03. The average molecular weight is 268 g/mol. The molecule has 2 aromatic rings. The van der Waals surface area contributed by atoms with Gasteiger partial charge in [0.2, 0.25) is 0 Å². The highest BCUT2D eigenvalue weighted by atomic mass is 14.9. The molecule has 1 N–H and O–H groups in total. The van der Waals surface area contributed by atoms with Crippen LogP contribution in [0.1, 0.15) is 37.1 Å². The number of hydrogen-bond donors (Lipinski definition) is 1. The summed E-state index contributed by atoms with van der Waals surface area (Å²) >= 11 is 0. The maximum Gasteiger partial charge on any atom is 0.0372 e. The van der Waals surface area contributed by atoms with Gasteiger partial charge in [-0.1, -0.05) is 36.4 Å². The summed E-state index contributed by atoms with van der Waals surface area (Å²) in [6.45, 7) is 7.41. The summed E-state index contributed by atoms with van der Waals surface area (Å²) in [7, 11) is 0. The van der Waals surface area contributed by atoms with Crippen molar-refractivity contribution in [2.75, 3.05) is 0 Å². The van der Waals surface area contributed by atoms with E-state index in [1.165, 1.54) is 11.1 Å². The van der Waals surface area contributed by atoms with Crippen LogP contribution < -0.4 is 5.32 Å². The number of hydrogen-bond acceptors (Lipinski definition) is 2. The molecule has 0 fully saturated rings. The Morgan fingerprint density at radius 2 is 1.75 bits per heavy atom. The summed E-state index contributed by atoms with van der Waals surface area (Å²) < 4.78 is 0. The zero-order valence-electron chi connectivity index (χ0n) is 12.7. The van der Waals surface area contributed by atoms with Crippen LogP contribution in [0, 0.1) is 6.92 Å². The molecule has 0 radical (unpaired) electrons. The van der Waals surface area contributed by atoms with Gasteiger partial charge >= 0.3 is 0 Å². The topological polar surface area (TPSA) is 24.9 Å². The Morgan fingerprint density at radius 3 is 2.40 bits per heavy atom. The lowest BCUT2D eigenvalue weighted by molar-refractivity contribution is 0.360. The van der Waals surface area contributed by atoms with Gasteiger partial charge in [-0.3, -0.25) is 4.98 Å². The predicted octanol–water partition coefficient (Wildman–Crippen LogP) is 3.89. The molecule has 0 saturated carbocycles. The molecule has 0 atom stereocenters. The first-order valence-electron chi connectivity index (χ1n) is 7.26. The zero-order chi connectivity index (χ0) is 14.4. The molecule has 106 valence electrons. The van der Waals surface area contributed by atoms with Crippen LogP contribution in [0.5, 0.6) is 0 Å². The first-order valence-corrected chi connectivity index (χ1v) is 7.26. The summed E-state index contributed by atoms with van der Waals surface area (Å²) in [6.07, 6.45) is 4.18. The molecule has 1 aromatic carbocycles. The molecule has 20 heavy (non-hydrogen) atoms. The van der Waals surface area contributed by atoms with Gasteiger partial charge in [0.1, 0.15) is 0 Å². The van der Waals surface area contributed by atoms with Crippen LogP contribution in [0.3, 0.4) is 0 Å². The predicted molar refractivity (Wildman–Crippen MR) is 84.7 cm³/mol. The number of rotatable bonds is 6. The van der Waals surface area contributed by atoms with E-state index in [0.29, 0.717) is 0 Å². The van der Waals surface area contributed by atoms with Crippen LogP contribution in [0.2, 0.25) is 0 Å². The van der Waals surface area contributed by atoms with Crippen LogP contribution in [-0.4, -0.2) is 10.5 Å². The second-order valence-electron chi connectivity index (χ2n) is 6.03. The van der Waals surface area contributed by atoms with Crippen molar-refractivity contribution in [2.45, 2.75) is 45.7 Å². The Labute approximate surface area is 122 Å². The van der Waals surface area contributed by atoms with Crippen LogP contribution >= 0.6 is 0 Å². The van der Waals surface area contributed by atoms with Crippen molar-refractivity contribution in [3.63, 3.8) is 0 Å². The number of aromatic nitrogens is 1. The van der Waals surface area contributed by atoms with Gasteiger partial charge in [-0.25, -0.2) is 0 Å². The van der Waals surface area contributed by atoms with Gasteiger partial charge in [0.25, 0.3) is 0 Å². The highest BCUT2D eigenvalue weighted by Crippen LogP contribution is 2.14. The van der Waals surface area contributed by atoms with Gasteiger partial charge in [0.05, 0.1) is 0 Å². The summed E-state index contributed by atoms with van der Waals surface area (Å²) in [5.74, 6) is 0. The van der Waals surface area contributed by atoms with Gasteiger partial charge in [-0.2, -0.15) is 0 Å². The van der Waals surface area contributed by atoms with E-state index in [1.54, 1.807) is 0 Å². The molecule has 0 amide bonds. The molecule has 1 aromatic heterocycles. The van der Waals surface area contributed by atoms with E-state index >= 15 is 0 Å². The molecule has 0 spiro atoms. The molecule has 0 bridgehead atoms. The molecule has 1 heterocycles. The molecular weight excluding hydrogens is 244 g/mol. The fourth-order valence-electron chi connectivity index (χ4n) is 2.13. The van der Waals surface area contributed by atoms with Crippen molar-refractivity contribution in [3.05, 3.63) is 65.5 Å². The molecule has 2 nitrogen and oxygen atoms in total. The maximum atomic E-state index is 4.33. The monoisotopic (exact) mass is 268 g/mol. The quantitative estimate of drug-likeness (QED) is 0.859. The molecule has 0 aliphatic rings.